The Kier molecular flexibility index (Phi) is 3.94. The van der Waals surface area contributed by atoms with Crippen LogP contribution in [0.5, 0.6) is 0 Å². The van der Waals surface area contributed by atoms with Gasteiger partial charge in [-0.1, -0.05) is 0 Å². The summed E-state index contributed by atoms with van der Waals surface area (Å²) in [5.74, 6) is 0. The lowest BCUT2D eigenvalue weighted by atomic mass is 10.1. The van der Waals surface area contributed by atoms with Gasteiger partial charge >= 0.3 is 0 Å². The van der Waals surface area contributed by atoms with E-state index in [0.29, 0.717) is 42.3 Å². The fraction of sp³-hybridized carbons (Fsp3) is 0.462. The van der Waals surface area contributed by atoms with Gasteiger partial charge in [0.15, 0.2) is 0 Å². The van der Waals surface area contributed by atoms with E-state index in [9.17, 15) is 8.42 Å². The van der Waals surface area contributed by atoms with Gasteiger partial charge in [0.25, 0.3) is 0 Å². The summed E-state index contributed by atoms with van der Waals surface area (Å²) in [5, 5.41) is 11.0. The van der Waals surface area contributed by atoms with Crippen LogP contribution in [-0.2, 0) is 14.8 Å². The monoisotopic (exact) mass is 323 g/mol. The van der Waals surface area contributed by atoms with Crippen LogP contribution in [0.4, 0.5) is 0 Å². The molecule has 0 radical (unpaired) electrons. The van der Waals surface area contributed by atoms with Gasteiger partial charge in [0.1, 0.15) is 6.33 Å². The van der Waals surface area contributed by atoms with E-state index in [2.05, 4.69) is 15.5 Å². The van der Waals surface area contributed by atoms with E-state index in [4.69, 9.17) is 4.74 Å². The van der Waals surface area contributed by atoms with Crippen molar-refractivity contribution < 1.29 is 13.2 Å². The number of nitrogens with zero attached hydrogens (tertiary/aromatic N) is 5. The first kappa shape index (κ1) is 15.1. The molecule has 0 aliphatic carbocycles. The van der Waals surface area contributed by atoms with Crippen LogP contribution >= 0.6 is 0 Å². The lowest BCUT2D eigenvalue weighted by Crippen LogP contribution is -2.41. The van der Waals surface area contributed by atoms with Crippen LogP contribution in [0.3, 0.4) is 0 Å². The van der Waals surface area contributed by atoms with Crippen molar-refractivity contribution in [3.63, 3.8) is 0 Å². The first-order valence-electron chi connectivity index (χ1n) is 6.92. The molecule has 1 aromatic heterocycles. The van der Waals surface area contributed by atoms with Gasteiger partial charge in [-0.25, -0.2) is 13.1 Å². The normalized spacial score (nSPS) is 16.8. The largest absolute Gasteiger partial charge is 0.379 e. The van der Waals surface area contributed by atoms with Crippen LogP contribution in [0.25, 0.3) is 5.69 Å². The molecule has 1 saturated heterocycles. The van der Waals surface area contributed by atoms with E-state index in [1.165, 1.54) is 15.3 Å². The van der Waals surface area contributed by atoms with E-state index >= 15 is 0 Å². The fourth-order valence-corrected chi connectivity index (χ4v) is 4.48. The highest BCUT2D eigenvalue weighted by Crippen LogP contribution is 2.26. The van der Waals surface area contributed by atoms with E-state index in [-0.39, 0.29) is 0 Å². The Hall–Kier alpha value is -1.84. The smallest absolute Gasteiger partial charge is 0.243 e. The second-order valence-corrected chi connectivity index (χ2v) is 7.05. The third-order valence-corrected chi connectivity index (χ3v) is 5.83. The van der Waals surface area contributed by atoms with Crippen LogP contribution < -0.4 is 0 Å². The number of sulfonamides is 1. The van der Waals surface area contributed by atoms with E-state index < -0.39 is 10.0 Å². The molecule has 0 amide bonds. The number of hydrogen-bond acceptors (Lipinski definition) is 6. The molecule has 8 nitrogen and oxygen atoms in total. The van der Waals surface area contributed by atoms with Crippen molar-refractivity contribution in [2.75, 3.05) is 26.3 Å². The highest BCUT2D eigenvalue weighted by Gasteiger charge is 2.29. The number of benzene rings is 1. The molecule has 22 heavy (non-hydrogen) atoms. The zero-order chi connectivity index (χ0) is 15.7. The highest BCUT2D eigenvalue weighted by atomic mass is 32.2. The first-order valence-corrected chi connectivity index (χ1v) is 8.36. The molecule has 1 aliphatic rings. The van der Waals surface area contributed by atoms with Crippen molar-refractivity contribution >= 4 is 10.0 Å². The molecule has 1 aliphatic heterocycles. The van der Waals surface area contributed by atoms with Crippen molar-refractivity contribution in [1.82, 2.24) is 24.5 Å². The second-order valence-electron chi connectivity index (χ2n) is 5.18. The Labute approximate surface area is 128 Å². The van der Waals surface area contributed by atoms with E-state index in [1.807, 2.05) is 0 Å². The van der Waals surface area contributed by atoms with E-state index in [0.717, 1.165) is 5.69 Å². The topological polar surface area (TPSA) is 90.2 Å². The zero-order valence-electron chi connectivity index (χ0n) is 12.4. The summed E-state index contributed by atoms with van der Waals surface area (Å²) in [6.07, 6.45) is 1.48. The summed E-state index contributed by atoms with van der Waals surface area (Å²) in [6, 6.07) is 3.55. The highest BCUT2D eigenvalue weighted by molar-refractivity contribution is 7.89. The number of tetrazole rings is 1. The summed E-state index contributed by atoms with van der Waals surface area (Å²) in [6.45, 7) is 5.20. The Morgan fingerprint density at radius 3 is 2.32 bits per heavy atom. The molecule has 118 valence electrons. The van der Waals surface area contributed by atoms with Crippen LogP contribution in [0.2, 0.25) is 0 Å². The summed E-state index contributed by atoms with van der Waals surface area (Å²) in [4.78, 5) is 0.353. The molecule has 0 bridgehead atoms. The second kappa shape index (κ2) is 5.75. The molecule has 0 N–H and O–H groups in total. The predicted octanol–water partition coefficient (Wildman–Crippen LogP) is 0.300. The summed E-state index contributed by atoms with van der Waals surface area (Å²) < 4.78 is 33.9. The molecule has 0 saturated carbocycles. The molecule has 9 heteroatoms. The van der Waals surface area contributed by atoms with Crippen LogP contribution in [-0.4, -0.2) is 59.2 Å². The molecule has 1 fully saturated rings. The summed E-state index contributed by atoms with van der Waals surface area (Å²) in [7, 11) is -3.52. The Morgan fingerprint density at radius 1 is 1.14 bits per heavy atom. The lowest BCUT2D eigenvalue weighted by molar-refractivity contribution is 0.0730. The molecule has 2 aromatic rings. The average molecular weight is 323 g/mol. The van der Waals surface area contributed by atoms with Gasteiger partial charge in [-0.15, -0.1) is 5.10 Å². The van der Waals surface area contributed by atoms with Gasteiger partial charge in [0.2, 0.25) is 10.0 Å². The van der Waals surface area contributed by atoms with E-state index in [1.54, 1.807) is 26.0 Å². The number of morpholine rings is 1. The lowest BCUT2D eigenvalue weighted by Gasteiger charge is -2.27. The van der Waals surface area contributed by atoms with Crippen molar-refractivity contribution in [1.29, 1.82) is 0 Å². The minimum absolute atomic E-state index is 0.353. The molecule has 2 heterocycles. The van der Waals surface area contributed by atoms with Gasteiger partial charge in [0.05, 0.1) is 23.8 Å². The van der Waals surface area contributed by atoms with Gasteiger partial charge in [-0.2, -0.15) is 4.31 Å². The van der Waals surface area contributed by atoms with Gasteiger partial charge in [-0.3, -0.25) is 0 Å². The number of aromatic nitrogens is 4. The van der Waals surface area contributed by atoms with Gasteiger partial charge in [-0.05, 0) is 47.5 Å². The van der Waals surface area contributed by atoms with Gasteiger partial charge < -0.3 is 4.74 Å². The Bertz CT molecular complexity index is 744. The minimum atomic E-state index is -3.52. The summed E-state index contributed by atoms with van der Waals surface area (Å²) in [5.41, 5.74) is 2.09. The number of ether oxygens (including phenoxy) is 1. The molecular formula is C13H17N5O3S. The van der Waals surface area contributed by atoms with Crippen molar-refractivity contribution in [3.8, 4) is 5.69 Å². The SMILES string of the molecule is Cc1cc(-n2cnnn2)cc(C)c1S(=O)(=O)N1CCOCC1. The summed E-state index contributed by atoms with van der Waals surface area (Å²) >= 11 is 0. The minimum Gasteiger partial charge on any atom is -0.379 e. The Morgan fingerprint density at radius 2 is 1.77 bits per heavy atom. The third-order valence-electron chi connectivity index (χ3n) is 3.63. The number of aryl methyl sites for hydroxylation is 2. The quantitative estimate of drug-likeness (QED) is 0.807. The molecule has 1 aromatic carbocycles. The third kappa shape index (κ3) is 2.62. The molecule has 0 unspecified atom stereocenters. The molecule has 0 atom stereocenters. The van der Waals surface area contributed by atoms with Crippen molar-refractivity contribution in [3.05, 3.63) is 29.6 Å². The van der Waals surface area contributed by atoms with Crippen LogP contribution in [0.15, 0.2) is 23.4 Å². The first-order chi connectivity index (χ1) is 10.5. The average Bonchev–Trinajstić information content (AvgIpc) is 3.01. The van der Waals surface area contributed by atoms with Gasteiger partial charge in [0, 0.05) is 13.1 Å². The standard InChI is InChI=1S/C13H17N5O3S/c1-10-7-12(18-9-14-15-16-18)8-11(2)13(10)22(19,20)17-3-5-21-6-4-17/h7-9H,3-6H2,1-2H3. The van der Waals surface area contributed by atoms with Crippen molar-refractivity contribution in [2.45, 2.75) is 18.7 Å². The maximum Gasteiger partial charge on any atom is 0.243 e. The maximum absolute atomic E-state index is 12.8. The van der Waals surface area contributed by atoms with Crippen LogP contribution in [0.1, 0.15) is 11.1 Å². The number of hydrogen-bond donors (Lipinski definition) is 0. The number of rotatable bonds is 3. The molecule has 3 rings (SSSR count). The Balaban J connectivity index is 2.04. The molecule has 0 spiro atoms. The predicted molar refractivity (Wildman–Crippen MR) is 78.2 cm³/mol. The zero-order valence-corrected chi connectivity index (χ0v) is 13.2. The van der Waals surface area contributed by atoms with Crippen LogP contribution in [0, 0.1) is 13.8 Å². The maximum atomic E-state index is 12.8. The van der Waals surface area contributed by atoms with Crippen molar-refractivity contribution in [2.24, 2.45) is 0 Å². The fourth-order valence-electron chi connectivity index (χ4n) is 2.66. The molecular weight excluding hydrogens is 306 g/mol.